The molecule has 0 spiro atoms. The van der Waals surface area contributed by atoms with Gasteiger partial charge in [-0.15, -0.1) is 0 Å². The summed E-state index contributed by atoms with van der Waals surface area (Å²) in [4.78, 5) is 6.07. The highest BCUT2D eigenvalue weighted by Crippen LogP contribution is 2.34. The summed E-state index contributed by atoms with van der Waals surface area (Å²) in [5, 5.41) is 3.32. The molecule has 0 aromatic carbocycles. The maximum absolute atomic E-state index is 13.3. The molecule has 16 heavy (non-hydrogen) atoms. The van der Waals surface area contributed by atoms with E-state index in [1.807, 2.05) is 0 Å². The fourth-order valence-corrected chi connectivity index (χ4v) is 2.72. The van der Waals surface area contributed by atoms with Gasteiger partial charge >= 0.3 is 0 Å². The van der Waals surface area contributed by atoms with Gasteiger partial charge in [0.25, 0.3) is 0 Å². The van der Waals surface area contributed by atoms with Crippen molar-refractivity contribution < 1.29 is 4.39 Å². The quantitative estimate of drug-likeness (QED) is 0.759. The Hall–Kier alpha value is -0.870. The van der Waals surface area contributed by atoms with Crippen molar-refractivity contribution in [1.29, 1.82) is 0 Å². The monoisotopic (exact) mass is 241 g/mol. The van der Waals surface area contributed by atoms with E-state index in [2.05, 4.69) is 15.2 Å². The van der Waals surface area contributed by atoms with E-state index in [4.69, 9.17) is 11.6 Å². The second-order valence-corrected chi connectivity index (χ2v) is 4.80. The lowest BCUT2D eigenvalue weighted by atomic mass is 9.83. The molecule has 3 heterocycles. The van der Waals surface area contributed by atoms with Gasteiger partial charge in [-0.3, -0.25) is 0 Å². The molecule has 0 unspecified atom stereocenters. The molecule has 1 aromatic rings. The lowest BCUT2D eigenvalue weighted by Gasteiger charge is -2.52. The molecule has 2 aliphatic heterocycles. The maximum atomic E-state index is 13.3. The Kier molecular flexibility index (Phi) is 2.48. The lowest BCUT2D eigenvalue weighted by Crippen LogP contribution is -2.63. The van der Waals surface area contributed by atoms with E-state index in [1.165, 1.54) is 6.07 Å². The molecule has 2 atom stereocenters. The zero-order chi connectivity index (χ0) is 11.1. The smallest absolute Gasteiger partial charge is 0.164 e. The highest BCUT2D eigenvalue weighted by atomic mass is 35.5. The van der Waals surface area contributed by atoms with E-state index in [0.29, 0.717) is 12.0 Å². The Morgan fingerprint density at radius 1 is 1.56 bits per heavy atom. The van der Waals surface area contributed by atoms with Crippen molar-refractivity contribution in [2.45, 2.75) is 12.5 Å². The average Bonchev–Trinajstić information content (AvgIpc) is 2.25. The average molecular weight is 242 g/mol. The van der Waals surface area contributed by atoms with E-state index < -0.39 is 5.82 Å². The van der Waals surface area contributed by atoms with E-state index in [9.17, 15) is 4.39 Å². The van der Waals surface area contributed by atoms with Gasteiger partial charge in [0.1, 0.15) is 0 Å². The molecule has 5 heteroatoms. The SMILES string of the molecule is Fc1cc(N2C[C@H]3CNCC[C@H]32)cnc1Cl. The third-order valence-corrected chi connectivity index (χ3v) is 3.79. The highest BCUT2D eigenvalue weighted by Gasteiger charge is 2.40. The predicted molar refractivity (Wildman–Crippen MR) is 61.3 cm³/mol. The topological polar surface area (TPSA) is 28.2 Å². The summed E-state index contributed by atoms with van der Waals surface area (Å²) in [6, 6.07) is 2.02. The van der Waals surface area contributed by atoms with Crippen molar-refractivity contribution in [1.82, 2.24) is 10.3 Å². The van der Waals surface area contributed by atoms with Crippen LogP contribution in [0.3, 0.4) is 0 Å². The van der Waals surface area contributed by atoms with Crippen molar-refractivity contribution in [3.63, 3.8) is 0 Å². The van der Waals surface area contributed by atoms with Crippen LogP contribution < -0.4 is 10.2 Å². The van der Waals surface area contributed by atoms with Gasteiger partial charge in [-0.05, 0) is 13.0 Å². The normalized spacial score (nSPS) is 28.5. The van der Waals surface area contributed by atoms with Crippen LogP contribution in [0.1, 0.15) is 6.42 Å². The summed E-state index contributed by atoms with van der Waals surface area (Å²) < 4.78 is 13.3. The molecule has 86 valence electrons. The van der Waals surface area contributed by atoms with Gasteiger partial charge in [-0.25, -0.2) is 9.37 Å². The number of pyridine rings is 1. The number of rotatable bonds is 1. The van der Waals surface area contributed by atoms with Gasteiger partial charge in [-0.1, -0.05) is 11.6 Å². The van der Waals surface area contributed by atoms with Crippen LogP contribution in [0.4, 0.5) is 10.1 Å². The van der Waals surface area contributed by atoms with Crippen molar-refractivity contribution in [3.05, 3.63) is 23.2 Å². The van der Waals surface area contributed by atoms with Crippen LogP contribution >= 0.6 is 11.6 Å². The van der Waals surface area contributed by atoms with Crippen LogP contribution in [0, 0.1) is 11.7 Å². The number of nitrogens with zero attached hydrogens (tertiary/aromatic N) is 2. The van der Waals surface area contributed by atoms with Gasteiger partial charge in [0.15, 0.2) is 11.0 Å². The van der Waals surface area contributed by atoms with Gasteiger partial charge in [0, 0.05) is 31.1 Å². The van der Waals surface area contributed by atoms with E-state index >= 15 is 0 Å². The Balaban J connectivity index is 1.80. The van der Waals surface area contributed by atoms with Crippen molar-refractivity contribution in [3.8, 4) is 0 Å². The van der Waals surface area contributed by atoms with Gasteiger partial charge in [-0.2, -0.15) is 0 Å². The van der Waals surface area contributed by atoms with Crippen LogP contribution in [0.2, 0.25) is 5.15 Å². The first-order valence-electron chi connectivity index (χ1n) is 5.54. The predicted octanol–water partition coefficient (Wildman–Crippen LogP) is 1.67. The molecular weight excluding hydrogens is 229 g/mol. The van der Waals surface area contributed by atoms with Crippen LogP contribution in [-0.4, -0.2) is 30.7 Å². The molecule has 2 fully saturated rings. The fraction of sp³-hybridized carbons (Fsp3) is 0.545. The second-order valence-electron chi connectivity index (χ2n) is 4.44. The first-order valence-corrected chi connectivity index (χ1v) is 5.92. The number of piperidine rings is 1. The van der Waals surface area contributed by atoms with E-state index in [1.54, 1.807) is 6.20 Å². The first-order chi connectivity index (χ1) is 7.75. The third-order valence-electron chi connectivity index (χ3n) is 3.51. The summed E-state index contributed by atoms with van der Waals surface area (Å²) in [7, 11) is 0. The summed E-state index contributed by atoms with van der Waals surface area (Å²) >= 11 is 5.57. The van der Waals surface area contributed by atoms with Crippen LogP contribution in [0.25, 0.3) is 0 Å². The minimum Gasteiger partial charge on any atom is -0.366 e. The van der Waals surface area contributed by atoms with Gasteiger partial charge < -0.3 is 10.2 Å². The van der Waals surface area contributed by atoms with Crippen LogP contribution in [0.5, 0.6) is 0 Å². The number of fused-ring (bicyclic) bond motifs is 1. The molecule has 2 saturated heterocycles. The third kappa shape index (κ3) is 1.57. The molecule has 0 aliphatic carbocycles. The number of halogens is 2. The molecule has 0 amide bonds. The first kappa shape index (κ1) is 10.3. The maximum Gasteiger partial charge on any atom is 0.164 e. The number of hydrogen-bond acceptors (Lipinski definition) is 3. The lowest BCUT2D eigenvalue weighted by molar-refractivity contribution is 0.230. The number of nitrogens with one attached hydrogen (secondary N) is 1. The van der Waals surface area contributed by atoms with Crippen molar-refractivity contribution >= 4 is 17.3 Å². The molecular formula is C11H13ClFN3. The molecule has 1 aromatic heterocycles. The minimum absolute atomic E-state index is 0.0499. The largest absolute Gasteiger partial charge is 0.366 e. The molecule has 3 nitrogen and oxygen atoms in total. The Morgan fingerprint density at radius 3 is 3.19 bits per heavy atom. The summed E-state index contributed by atoms with van der Waals surface area (Å²) in [6.45, 7) is 3.10. The van der Waals surface area contributed by atoms with Gasteiger partial charge in [0.2, 0.25) is 0 Å². The van der Waals surface area contributed by atoms with E-state index in [0.717, 1.165) is 31.7 Å². The van der Waals surface area contributed by atoms with Crippen molar-refractivity contribution in [2.75, 3.05) is 24.5 Å². The van der Waals surface area contributed by atoms with Gasteiger partial charge in [0.05, 0.1) is 11.9 Å². The Bertz CT molecular complexity index is 412. The minimum atomic E-state index is -0.434. The number of anilines is 1. The Labute approximate surface area is 98.6 Å². The number of aromatic nitrogens is 1. The fourth-order valence-electron chi connectivity index (χ4n) is 2.62. The zero-order valence-corrected chi connectivity index (χ0v) is 9.54. The van der Waals surface area contributed by atoms with Crippen molar-refractivity contribution in [2.24, 2.45) is 5.92 Å². The van der Waals surface area contributed by atoms with E-state index in [-0.39, 0.29) is 5.15 Å². The summed E-state index contributed by atoms with van der Waals surface area (Å²) in [5.41, 5.74) is 0.852. The summed E-state index contributed by atoms with van der Waals surface area (Å²) in [6.07, 6.45) is 2.78. The standard InChI is InChI=1S/C11H13ClFN3/c12-11-9(13)3-8(5-15-11)16-6-7-4-14-2-1-10(7)16/h3,5,7,10,14H,1-2,4,6H2/t7-,10-/m1/s1. The molecule has 0 bridgehead atoms. The zero-order valence-electron chi connectivity index (χ0n) is 8.79. The second kappa shape index (κ2) is 3.86. The molecule has 0 saturated carbocycles. The molecule has 2 aliphatic rings. The summed E-state index contributed by atoms with van der Waals surface area (Å²) in [5.74, 6) is 0.268. The van der Waals surface area contributed by atoms with Crippen LogP contribution in [-0.2, 0) is 0 Å². The Morgan fingerprint density at radius 2 is 2.44 bits per heavy atom. The molecule has 0 radical (unpaired) electrons. The molecule has 1 N–H and O–H groups in total. The highest BCUT2D eigenvalue weighted by molar-refractivity contribution is 6.29. The number of hydrogen-bond donors (Lipinski definition) is 1. The van der Waals surface area contributed by atoms with Crippen LogP contribution in [0.15, 0.2) is 12.3 Å². The molecule has 3 rings (SSSR count).